The highest BCUT2D eigenvalue weighted by Crippen LogP contribution is 1.99. The zero-order chi connectivity index (χ0) is 8.69. The molecule has 0 aliphatic rings. The van der Waals surface area contributed by atoms with Crippen LogP contribution in [0, 0.1) is 0 Å². The van der Waals surface area contributed by atoms with Crippen molar-refractivity contribution in [2.75, 3.05) is 7.11 Å². The van der Waals surface area contributed by atoms with Crippen LogP contribution in [-0.2, 0) is 19.0 Å². The Morgan fingerprint density at radius 1 is 1.64 bits per heavy atom. The second kappa shape index (κ2) is 5.52. The van der Waals surface area contributed by atoms with Crippen molar-refractivity contribution in [3.8, 4) is 0 Å². The monoisotopic (exact) mass is 161 g/mol. The van der Waals surface area contributed by atoms with E-state index in [-0.39, 0.29) is 0 Å². The molecule has 0 saturated heterocycles. The van der Waals surface area contributed by atoms with Crippen molar-refractivity contribution < 1.29 is 23.8 Å². The third kappa shape index (κ3) is 4.19. The summed E-state index contributed by atoms with van der Waals surface area (Å²) >= 11 is 0. The molecule has 0 heterocycles. The first kappa shape index (κ1) is 9.74. The average Bonchev–Trinajstić information content (AvgIpc) is 2.03. The third-order valence-electron chi connectivity index (χ3n) is 0.907. The van der Waals surface area contributed by atoms with Gasteiger partial charge in [-0.25, -0.2) is 9.59 Å². The number of hydrogen-bond donors (Lipinski definition) is 0. The van der Waals surface area contributed by atoms with E-state index < -0.39 is 12.4 Å². The summed E-state index contributed by atoms with van der Waals surface area (Å²) in [4.78, 5) is 20.1. The number of rotatable bonds is 4. The number of ether oxygens (including phenoxy) is 3. The van der Waals surface area contributed by atoms with E-state index in [0.717, 1.165) is 0 Å². The molecule has 0 aromatic carbocycles. The lowest BCUT2D eigenvalue weighted by Gasteiger charge is -2.11. The maximum Gasteiger partial charge on any atom is 0.511 e. The van der Waals surface area contributed by atoms with Crippen molar-refractivity contribution in [1.82, 2.24) is 0 Å². The van der Waals surface area contributed by atoms with Gasteiger partial charge in [0, 0.05) is 6.42 Å². The van der Waals surface area contributed by atoms with E-state index in [0.29, 0.717) is 6.42 Å². The van der Waals surface area contributed by atoms with Crippen LogP contribution in [-0.4, -0.2) is 26.0 Å². The molecule has 63 valence electrons. The Morgan fingerprint density at radius 3 is 2.64 bits per heavy atom. The lowest BCUT2D eigenvalue weighted by Crippen LogP contribution is -2.19. The van der Waals surface area contributed by atoms with E-state index in [4.69, 9.17) is 0 Å². The van der Waals surface area contributed by atoms with E-state index in [1.165, 1.54) is 13.6 Å². The van der Waals surface area contributed by atoms with Crippen molar-refractivity contribution >= 4 is 12.6 Å². The van der Waals surface area contributed by atoms with Crippen LogP contribution in [0.1, 0.15) is 13.3 Å². The summed E-state index contributed by atoms with van der Waals surface area (Å²) in [5.41, 5.74) is 0. The lowest BCUT2D eigenvalue weighted by atomic mass is 10.5. The van der Waals surface area contributed by atoms with Crippen LogP contribution in [0.25, 0.3) is 0 Å². The molecule has 11 heavy (non-hydrogen) atoms. The fourth-order valence-corrected chi connectivity index (χ4v) is 0.400. The number of carbonyl (C=O) groups is 1. The molecule has 0 aliphatic carbocycles. The molecule has 5 heteroatoms. The van der Waals surface area contributed by atoms with Gasteiger partial charge in [0.1, 0.15) is 0 Å². The highest BCUT2D eigenvalue weighted by molar-refractivity contribution is 5.59. The molecule has 0 N–H and O–H groups in total. The maximum atomic E-state index is 10.4. The third-order valence-corrected chi connectivity index (χ3v) is 0.907. The van der Waals surface area contributed by atoms with Crippen LogP contribution in [0.3, 0.4) is 0 Å². The summed E-state index contributed by atoms with van der Waals surface area (Å²) in [5, 5.41) is 0. The molecule has 0 rings (SSSR count). The Hall–Kier alpha value is -1.26. The summed E-state index contributed by atoms with van der Waals surface area (Å²) in [6.45, 7) is 2.85. The standard InChI is InChI=1S/C6H9O5/c1-3-5(10-4-7)11-6(8)9-2/h5H,3H2,1-2H3. The number of methoxy groups -OCH3 is 1. The first-order valence-corrected chi connectivity index (χ1v) is 3.02. The van der Waals surface area contributed by atoms with Gasteiger partial charge in [-0.2, -0.15) is 0 Å². The molecule has 1 atom stereocenters. The molecule has 0 aliphatic heterocycles. The van der Waals surface area contributed by atoms with Gasteiger partial charge in [-0.1, -0.05) is 6.92 Å². The fraction of sp³-hybridized carbons (Fsp3) is 0.667. The first-order valence-electron chi connectivity index (χ1n) is 3.02. The Bertz CT molecular complexity index is 133. The SMILES string of the molecule is CCC(O[C]=O)OC(=O)OC. The van der Waals surface area contributed by atoms with Crippen molar-refractivity contribution in [2.24, 2.45) is 0 Å². The van der Waals surface area contributed by atoms with E-state index in [1.54, 1.807) is 6.92 Å². The maximum absolute atomic E-state index is 10.4. The molecule has 0 aromatic heterocycles. The van der Waals surface area contributed by atoms with Crippen molar-refractivity contribution in [2.45, 2.75) is 19.6 Å². The highest BCUT2D eigenvalue weighted by Gasteiger charge is 2.12. The average molecular weight is 161 g/mol. The van der Waals surface area contributed by atoms with Crippen LogP contribution in [0.5, 0.6) is 0 Å². The van der Waals surface area contributed by atoms with Crippen LogP contribution in [0.4, 0.5) is 4.79 Å². The number of hydrogen-bond acceptors (Lipinski definition) is 5. The van der Waals surface area contributed by atoms with Crippen LogP contribution in [0.15, 0.2) is 0 Å². The molecule has 0 aromatic rings. The van der Waals surface area contributed by atoms with Crippen LogP contribution >= 0.6 is 0 Å². The Labute approximate surface area is 64.2 Å². The summed E-state index contributed by atoms with van der Waals surface area (Å²) in [7, 11) is 1.17. The zero-order valence-corrected chi connectivity index (χ0v) is 6.33. The molecule has 0 spiro atoms. The van der Waals surface area contributed by atoms with Gasteiger partial charge in [0.15, 0.2) is 0 Å². The van der Waals surface area contributed by atoms with Crippen molar-refractivity contribution in [3.63, 3.8) is 0 Å². The summed E-state index contributed by atoms with van der Waals surface area (Å²) < 4.78 is 12.8. The van der Waals surface area contributed by atoms with E-state index in [9.17, 15) is 9.59 Å². The zero-order valence-electron chi connectivity index (χ0n) is 6.33. The lowest BCUT2D eigenvalue weighted by molar-refractivity contribution is -0.0683. The van der Waals surface area contributed by atoms with E-state index in [2.05, 4.69) is 14.2 Å². The fourth-order valence-electron chi connectivity index (χ4n) is 0.400. The van der Waals surface area contributed by atoms with Gasteiger partial charge in [-0.3, -0.25) is 0 Å². The Morgan fingerprint density at radius 2 is 2.27 bits per heavy atom. The minimum Gasteiger partial charge on any atom is -0.438 e. The van der Waals surface area contributed by atoms with Gasteiger partial charge in [-0.15, -0.1) is 0 Å². The minimum absolute atomic E-state index is 0.365. The van der Waals surface area contributed by atoms with E-state index >= 15 is 0 Å². The predicted molar refractivity (Wildman–Crippen MR) is 34.3 cm³/mol. The molecular weight excluding hydrogens is 152 g/mol. The molecule has 1 radical (unpaired) electrons. The molecule has 0 fully saturated rings. The Kier molecular flexibility index (Phi) is 4.89. The topological polar surface area (TPSA) is 61.8 Å². The normalized spacial score (nSPS) is 11.5. The van der Waals surface area contributed by atoms with Gasteiger partial charge >= 0.3 is 12.6 Å². The van der Waals surface area contributed by atoms with Gasteiger partial charge in [0.05, 0.1) is 7.11 Å². The van der Waals surface area contributed by atoms with Crippen LogP contribution < -0.4 is 0 Å². The van der Waals surface area contributed by atoms with Gasteiger partial charge < -0.3 is 14.2 Å². The quantitative estimate of drug-likeness (QED) is 0.446. The molecule has 0 amide bonds. The van der Waals surface area contributed by atoms with Gasteiger partial charge in [0.2, 0.25) is 0 Å². The second-order valence-electron chi connectivity index (χ2n) is 1.61. The predicted octanol–water partition coefficient (Wildman–Crippen LogP) is 0.589. The van der Waals surface area contributed by atoms with Crippen LogP contribution in [0.2, 0.25) is 0 Å². The highest BCUT2D eigenvalue weighted by atomic mass is 16.8. The van der Waals surface area contributed by atoms with E-state index in [1.807, 2.05) is 0 Å². The van der Waals surface area contributed by atoms with Crippen molar-refractivity contribution in [3.05, 3.63) is 0 Å². The van der Waals surface area contributed by atoms with Gasteiger partial charge in [-0.05, 0) is 0 Å². The molecule has 1 unspecified atom stereocenters. The first-order chi connectivity index (χ1) is 5.24. The second-order valence-corrected chi connectivity index (χ2v) is 1.61. The molecule has 0 bridgehead atoms. The minimum atomic E-state index is -0.903. The summed E-state index contributed by atoms with van der Waals surface area (Å²) in [6, 6.07) is 0. The summed E-state index contributed by atoms with van der Waals surface area (Å²) in [6.07, 6.45) is -1.42. The summed E-state index contributed by atoms with van der Waals surface area (Å²) in [5.74, 6) is 0. The van der Waals surface area contributed by atoms with Crippen molar-refractivity contribution in [1.29, 1.82) is 0 Å². The molecule has 0 saturated carbocycles. The Balaban J connectivity index is 3.67. The number of carbonyl (C=O) groups excluding carboxylic acids is 2. The van der Waals surface area contributed by atoms with Gasteiger partial charge in [0.25, 0.3) is 6.29 Å². The molecule has 5 nitrogen and oxygen atoms in total. The largest absolute Gasteiger partial charge is 0.511 e. The smallest absolute Gasteiger partial charge is 0.438 e. The molecular formula is C6H9O5.